The van der Waals surface area contributed by atoms with E-state index in [4.69, 9.17) is 4.52 Å². The van der Waals surface area contributed by atoms with E-state index < -0.39 is 12.0 Å². The van der Waals surface area contributed by atoms with Gasteiger partial charge in [-0.05, 0) is 74.7 Å². The van der Waals surface area contributed by atoms with Gasteiger partial charge in [0.2, 0.25) is 11.6 Å². The van der Waals surface area contributed by atoms with Gasteiger partial charge in [-0.3, -0.25) is 4.72 Å². The topological polar surface area (TPSA) is 111 Å². The van der Waals surface area contributed by atoms with E-state index in [-0.39, 0.29) is 23.3 Å². The number of rotatable bonds is 9. The Balaban J connectivity index is 1.44. The quantitative estimate of drug-likeness (QED) is 0.306. The second-order valence-electron chi connectivity index (χ2n) is 8.52. The van der Waals surface area contributed by atoms with Crippen LogP contribution in [0, 0.1) is 6.92 Å². The fraction of sp³-hybridized carbons (Fsp3) is 0.304. The molecule has 0 atom stereocenters. The van der Waals surface area contributed by atoms with Gasteiger partial charge in [0.05, 0.1) is 12.1 Å². The van der Waals surface area contributed by atoms with Crippen molar-refractivity contribution in [3.63, 3.8) is 0 Å². The molecule has 0 aliphatic heterocycles. The second kappa shape index (κ2) is 10.3. The average molecular weight is 521 g/mol. The van der Waals surface area contributed by atoms with Crippen molar-refractivity contribution in [1.82, 2.24) is 29.6 Å². The molecule has 0 amide bonds. The van der Waals surface area contributed by atoms with Crippen molar-refractivity contribution >= 4 is 11.9 Å². The van der Waals surface area contributed by atoms with Crippen molar-refractivity contribution < 1.29 is 27.5 Å². The maximum atomic E-state index is 12.3. The minimum atomic E-state index is -4.77. The zero-order chi connectivity index (χ0) is 25.9. The monoisotopic (exact) mass is 520 g/mol. The van der Waals surface area contributed by atoms with E-state index in [1.165, 1.54) is 36.2 Å². The Morgan fingerprint density at radius 3 is 2.53 bits per heavy atom. The summed E-state index contributed by atoms with van der Waals surface area (Å²) < 4.78 is 51.0. The molecule has 2 heterocycles. The fourth-order valence-corrected chi connectivity index (χ4v) is 4.02. The Hall–Kier alpha value is -3.42. The van der Waals surface area contributed by atoms with E-state index in [1.807, 2.05) is 24.3 Å². The highest BCUT2D eigenvalue weighted by molar-refractivity contribution is 7.97. The van der Waals surface area contributed by atoms with Gasteiger partial charge in [0.15, 0.2) is 0 Å². The summed E-state index contributed by atoms with van der Waals surface area (Å²) in [6.45, 7) is 6.16. The lowest BCUT2D eigenvalue weighted by molar-refractivity contribution is -0.274. The molecule has 190 valence electrons. The van der Waals surface area contributed by atoms with E-state index in [2.05, 4.69) is 29.7 Å². The molecule has 0 spiro atoms. The molecule has 4 aromatic rings. The van der Waals surface area contributed by atoms with Crippen LogP contribution in [0.1, 0.15) is 25.2 Å². The molecule has 4 rings (SSSR count). The number of hydrogen-bond acceptors (Lipinski definition) is 9. The Labute approximate surface area is 208 Å². The lowest BCUT2D eigenvalue weighted by Gasteiger charge is -2.17. The van der Waals surface area contributed by atoms with Crippen molar-refractivity contribution in [3.8, 4) is 28.9 Å². The third kappa shape index (κ3) is 7.06. The Morgan fingerprint density at radius 2 is 1.83 bits per heavy atom. The van der Waals surface area contributed by atoms with Crippen LogP contribution >= 0.6 is 11.9 Å². The fourth-order valence-electron chi connectivity index (χ4n) is 3.07. The molecule has 2 aromatic heterocycles. The SMILES string of the molecule is Cc1nc(-c2nc(-c3ccc(OC(F)(F)F)cc3)no2)nn1Cc1cccc(SNCC(C)(C)O)c1. The van der Waals surface area contributed by atoms with Crippen molar-refractivity contribution in [2.45, 2.75) is 44.2 Å². The van der Waals surface area contributed by atoms with Gasteiger partial charge in [0.1, 0.15) is 11.6 Å². The van der Waals surface area contributed by atoms with E-state index in [0.29, 0.717) is 24.5 Å². The largest absolute Gasteiger partial charge is 0.573 e. The van der Waals surface area contributed by atoms with Crippen LogP contribution in [0.3, 0.4) is 0 Å². The summed E-state index contributed by atoms with van der Waals surface area (Å²) in [5, 5.41) is 18.2. The van der Waals surface area contributed by atoms with Gasteiger partial charge in [-0.1, -0.05) is 17.3 Å². The number of nitrogens with one attached hydrogen (secondary N) is 1. The maximum absolute atomic E-state index is 12.3. The summed E-state index contributed by atoms with van der Waals surface area (Å²) in [5.74, 6) is 0.794. The van der Waals surface area contributed by atoms with Gasteiger partial charge in [-0.15, -0.1) is 18.3 Å². The lowest BCUT2D eigenvalue weighted by atomic mass is 10.1. The summed E-state index contributed by atoms with van der Waals surface area (Å²) in [5.41, 5.74) is 0.638. The molecule has 0 saturated heterocycles. The zero-order valence-corrected chi connectivity index (χ0v) is 20.4. The molecular weight excluding hydrogens is 497 g/mol. The summed E-state index contributed by atoms with van der Waals surface area (Å²) in [6, 6.07) is 13.0. The molecule has 0 saturated carbocycles. The van der Waals surface area contributed by atoms with E-state index in [1.54, 1.807) is 25.5 Å². The first-order chi connectivity index (χ1) is 16.9. The first-order valence-electron chi connectivity index (χ1n) is 10.8. The Bertz CT molecular complexity index is 1320. The number of halogens is 3. The van der Waals surface area contributed by atoms with Crippen LogP contribution < -0.4 is 9.46 Å². The Morgan fingerprint density at radius 1 is 1.08 bits per heavy atom. The molecule has 13 heteroatoms. The van der Waals surface area contributed by atoms with Gasteiger partial charge < -0.3 is 14.4 Å². The van der Waals surface area contributed by atoms with Gasteiger partial charge in [0, 0.05) is 17.0 Å². The standard InChI is InChI=1S/C23H23F3N6O3S/c1-14-28-20(21-29-19(31-35-21)16-7-9-17(10-8-16)34-23(24,25)26)30-32(14)12-15-5-4-6-18(11-15)36-27-13-22(2,3)33/h4-11,27,33H,12-13H2,1-3H3. The lowest BCUT2D eigenvalue weighted by Crippen LogP contribution is -2.31. The average Bonchev–Trinajstić information content (AvgIpc) is 3.40. The van der Waals surface area contributed by atoms with E-state index >= 15 is 0 Å². The zero-order valence-electron chi connectivity index (χ0n) is 19.6. The van der Waals surface area contributed by atoms with Crippen molar-refractivity contribution in [3.05, 3.63) is 59.9 Å². The molecule has 0 bridgehead atoms. The Kier molecular flexibility index (Phi) is 7.33. The number of alkyl halides is 3. The second-order valence-corrected chi connectivity index (χ2v) is 9.48. The predicted octanol–water partition coefficient (Wildman–Crippen LogP) is 4.62. The molecule has 0 aliphatic carbocycles. The van der Waals surface area contributed by atoms with Crippen LogP contribution in [0.5, 0.6) is 5.75 Å². The maximum Gasteiger partial charge on any atom is 0.573 e. The molecule has 0 aliphatic rings. The number of benzene rings is 2. The van der Waals surface area contributed by atoms with Crippen LogP contribution in [0.2, 0.25) is 0 Å². The van der Waals surface area contributed by atoms with Crippen LogP contribution in [0.25, 0.3) is 23.1 Å². The number of aromatic nitrogens is 5. The van der Waals surface area contributed by atoms with Gasteiger partial charge in [-0.25, -0.2) is 9.67 Å². The summed E-state index contributed by atoms with van der Waals surface area (Å²) >= 11 is 1.43. The third-order valence-electron chi connectivity index (χ3n) is 4.75. The number of aliphatic hydroxyl groups is 1. The van der Waals surface area contributed by atoms with Crippen LogP contribution in [-0.4, -0.2) is 48.5 Å². The highest BCUT2D eigenvalue weighted by Gasteiger charge is 2.31. The minimum Gasteiger partial charge on any atom is -0.406 e. The third-order valence-corrected chi connectivity index (χ3v) is 5.52. The van der Waals surface area contributed by atoms with Crippen molar-refractivity contribution in [2.24, 2.45) is 0 Å². The molecule has 0 unspecified atom stereocenters. The van der Waals surface area contributed by atoms with E-state index in [0.717, 1.165) is 10.5 Å². The highest BCUT2D eigenvalue weighted by Crippen LogP contribution is 2.26. The first-order valence-corrected chi connectivity index (χ1v) is 11.6. The number of ether oxygens (including phenoxy) is 1. The smallest absolute Gasteiger partial charge is 0.406 e. The van der Waals surface area contributed by atoms with Crippen molar-refractivity contribution in [1.29, 1.82) is 0 Å². The molecular formula is C23H23F3N6O3S. The molecule has 0 fully saturated rings. The number of aryl methyl sites for hydroxylation is 1. The normalized spacial score (nSPS) is 12.2. The molecule has 2 N–H and O–H groups in total. The van der Waals surface area contributed by atoms with Crippen LogP contribution in [-0.2, 0) is 6.54 Å². The molecule has 2 aromatic carbocycles. The van der Waals surface area contributed by atoms with E-state index in [9.17, 15) is 18.3 Å². The van der Waals surface area contributed by atoms with Crippen LogP contribution in [0.15, 0.2) is 57.9 Å². The van der Waals surface area contributed by atoms with Gasteiger partial charge in [0.25, 0.3) is 5.89 Å². The summed E-state index contributed by atoms with van der Waals surface area (Å²) in [4.78, 5) is 9.66. The van der Waals surface area contributed by atoms with Gasteiger partial charge >= 0.3 is 6.36 Å². The molecule has 9 nitrogen and oxygen atoms in total. The number of hydrogen-bond donors (Lipinski definition) is 2. The molecule has 36 heavy (non-hydrogen) atoms. The van der Waals surface area contributed by atoms with Gasteiger partial charge in [-0.2, -0.15) is 4.98 Å². The van der Waals surface area contributed by atoms with Crippen LogP contribution in [0.4, 0.5) is 13.2 Å². The summed E-state index contributed by atoms with van der Waals surface area (Å²) in [6.07, 6.45) is -4.77. The summed E-state index contributed by atoms with van der Waals surface area (Å²) in [7, 11) is 0. The van der Waals surface area contributed by atoms with Crippen molar-refractivity contribution in [2.75, 3.05) is 6.54 Å². The predicted molar refractivity (Wildman–Crippen MR) is 126 cm³/mol. The highest BCUT2D eigenvalue weighted by atomic mass is 32.2. The minimum absolute atomic E-state index is 0.0857. The number of nitrogens with zero attached hydrogens (tertiary/aromatic N) is 5. The first kappa shape index (κ1) is 25.7. The molecule has 0 radical (unpaired) electrons.